The van der Waals surface area contributed by atoms with Crippen LogP contribution in [-0.4, -0.2) is 30.2 Å². The Labute approximate surface area is 169 Å². The smallest absolute Gasteiger partial charge is 0.257 e. The number of halogens is 1. The second kappa shape index (κ2) is 9.64. The van der Waals surface area contributed by atoms with E-state index in [2.05, 4.69) is 0 Å². The summed E-state index contributed by atoms with van der Waals surface area (Å²) in [6, 6.07) is 22.4. The normalized spacial score (nSPS) is 10.4. The highest BCUT2D eigenvalue weighted by Crippen LogP contribution is 2.20. The number of hydrogen-bond donors (Lipinski definition) is 0. The molecule has 0 atom stereocenters. The molecular weight excluding hydrogens is 369 g/mol. The summed E-state index contributed by atoms with van der Waals surface area (Å²) in [6.07, 6.45) is 0.143. The van der Waals surface area contributed by atoms with Crippen molar-refractivity contribution in [3.8, 4) is 5.75 Å². The molecule has 5 heteroatoms. The fourth-order valence-corrected chi connectivity index (χ4v) is 2.94. The van der Waals surface area contributed by atoms with Crippen LogP contribution in [0, 0.1) is 5.82 Å². The van der Waals surface area contributed by atoms with Gasteiger partial charge in [0.1, 0.15) is 18.2 Å². The maximum absolute atomic E-state index is 13.0. The second-order valence-corrected chi connectivity index (χ2v) is 6.77. The number of ether oxygens (including phenoxy) is 1. The molecule has 3 rings (SSSR count). The lowest BCUT2D eigenvalue weighted by atomic mass is 10.1. The lowest BCUT2D eigenvalue weighted by Crippen LogP contribution is -2.27. The van der Waals surface area contributed by atoms with E-state index >= 15 is 0 Å². The van der Waals surface area contributed by atoms with Crippen molar-refractivity contribution in [1.82, 2.24) is 4.90 Å². The Kier molecular flexibility index (Phi) is 6.74. The molecule has 0 N–H and O–H groups in total. The predicted octanol–water partition coefficient (Wildman–Crippen LogP) is 4.29. The van der Waals surface area contributed by atoms with Gasteiger partial charge in [0.05, 0.1) is 5.56 Å². The Morgan fingerprint density at radius 1 is 0.862 bits per heavy atom. The zero-order valence-corrected chi connectivity index (χ0v) is 16.2. The number of benzene rings is 3. The van der Waals surface area contributed by atoms with Crippen molar-refractivity contribution in [2.24, 2.45) is 0 Å². The summed E-state index contributed by atoms with van der Waals surface area (Å²) < 4.78 is 18.6. The maximum atomic E-state index is 13.0. The average molecular weight is 391 g/mol. The third kappa shape index (κ3) is 5.75. The van der Waals surface area contributed by atoms with Gasteiger partial charge in [-0.25, -0.2) is 4.39 Å². The van der Waals surface area contributed by atoms with Crippen LogP contribution >= 0.6 is 0 Å². The van der Waals surface area contributed by atoms with Gasteiger partial charge < -0.3 is 9.64 Å². The molecule has 1 amide bonds. The Balaban J connectivity index is 1.62. The molecule has 0 radical (unpaired) electrons. The summed E-state index contributed by atoms with van der Waals surface area (Å²) in [5, 5.41) is 0. The molecule has 0 aromatic heterocycles. The van der Waals surface area contributed by atoms with Crippen molar-refractivity contribution < 1.29 is 18.7 Å². The third-order valence-electron chi connectivity index (χ3n) is 4.43. The van der Waals surface area contributed by atoms with E-state index in [9.17, 15) is 14.0 Å². The Morgan fingerprint density at radius 2 is 1.52 bits per heavy atom. The molecule has 0 fully saturated rings. The van der Waals surface area contributed by atoms with Crippen LogP contribution in [0.5, 0.6) is 5.75 Å². The van der Waals surface area contributed by atoms with Gasteiger partial charge in [-0.2, -0.15) is 0 Å². The lowest BCUT2D eigenvalue weighted by molar-refractivity contribution is -0.120. The third-order valence-corrected chi connectivity index (χ3v) is 4.43. The summed E-state index contributed by atoms with van der Waals surface area (Å²) in [6.45, 7) is 0.307. The minimum absolute atomic E-state index is 0.143. The first-order valence-corrected chi connectivity index (χ1v) is 9.30. The summed E-state index contributed by atoms with van der Waals surface area (Å²) >= 11 is 0. The quantitative estimate of drug-likeness (QED) is 0.576. The Hall–Kier alpha value is -3.47. The van der Waals surface area contributed by atoms with E-state index < -0.39 is 0 Å². The van der Waals surface area contributed by atoms with Gasteiger partial charge in [-0.05, 0) is 35.4 Å². The number of carbonyl (C=O) groups excluding carboxylic acids is 2. The first-order chi connectivity index (χ1) is 14.0. The number of carbonyl (C=O) groups is 2. The first-order valence-electron chi connectivity index (χ1n) is 9.30. The van der Waals surface area contributed by atoms with Crippen molar-refractivity contribution in [3.63, 3.8) is 0 Å². The highest BCUT2D eigenvalue weighted by molar-refractivity contribution is 5.97. The molecule has 0 spiro atoms. The van der Waals surface area contributed by atoms with Gasteiger partial charge in [0.15, 0.2) is 5.78 Å². The van der Waals surface area contributed by atoms with Gasteiger partial charge in [-0.15, -0.1) is 0 Å². The predicted molar refractivity (Wildman–Crippen MR) is 109 cm³/mol. The van der Waals surface area contributed by atoms with Gasteiger partial charge in [0.2, 0.25) is 0 Å². The fourth-order valence-electron chi connectivity index (χ4n) is 2.94. The monoisotopic (exact) mass is 391 g/mol. The standard InChI is InChI=1S/C24H22FNO3/c1-26(16-19-7-3-2-4-8-19)24(28)22-9-5-6-10-23(22)29-17-21(27)15-18-11-13-20(25)14-12-18/h2-14H,15-17H2,1H3. The van der Waals surface area contributed by atoms with E-state index in [1.54, 1.807) is 48.3 Å². The van der Waals surface area contributed by atoms with Crippen LogP contribution in [0.1, 0.15) is 21.5 Å². The molecule has 0 bridgehead atoms. The van der Waals surface area contributed by atoms with Crippen LogP contribution in [0.2, 0.25) is 0 Å². The molecule has 3 aromatic carbocycles. The maximum Gasteiger partial charge on any atom is 0.257 e. The van der Waals surface area contributed by atoms with E-state index in [1.165, 1.54) is 12.1 Å². The number of Topliss-reactive ketones (excluding diaryl/α,β-unsaturated/α-hetero) is 1. The van der Waals surface area contributed by atoms with E-state index in [0.29, 0.717) is 23.4 Å². The summed E-state index contributed by atoms with van der Waals surface area (Å²) in [7, 11) is 1.73. The van der Waals surface area contributed by atoms with Crippen LogP contribution in [0.25, 0.3) is 0 Å². The highest BCUT2D eigenvalue weighted by atomic mass is 19.1. The second-order valence-electron chi connectivity index (χ2n) is 6.77. The van der Waals surface area contributed by atoms with Crippen LogP contribution in [0.4, 0.5) is 4.39 Å². The highest BCUT2D eigenvalue weighted by Gasteiger charge is 2.17. The summed E-state index contributed by atoms with van der Waals surface area (Å²) in [5.41, 5.74) is 2.14. The first kappa shape index (κ1) is 20.3. The molecule has 0 unspecified atom stereocenters. The average Bonchev–Trinajstić information content (AvgIpc) is 2.74. The Morgan fingerprint density at radius 3 is 2.24 bits per heavy atom. The van der Waals surface area contributed by atoms with Crippen LogP contribution in [0.15, 0.2) is 78.9 Å². The minimum atomic E-state index is -0.343. The molecular formula is C24H22FNO3. The number of hydrogen-bond acceptors (Lipinski definition) is 3. The molecule has 0 saturated carbocycles. The largest absolute Gasteiger partial charge is 0.485 e. The van der Waals surface area contributed by atoms with E-state index in [4.69, 9.17) is 4.74 Å². The fraction of sp³-hybridized carbons (Fsp3) is 0.167. The Bertz CT molecular complexity index is 971. The van der Waals surface area contributed by atoms with Crippen molar-refractivity contribution in [1.29, 1.82) is 0 Å². The number of nitrogens with zero attached hydrogens (tertiary/aromatic N) is 1. The minimum Gasteiger partial charge on any atom is -0.485 e. The zero-order chi connectivity index (χ0) is 20.6. The van der Waals surface area contributed by atoms with Crippen molar-refractivity contribution in [2.75, 3.05) is 13.7 Å². The van der Waals surface area contributed by atoms with E-state index in [0.717, 1.165) is 5.56 Å². The van der Waals surface area contributed by atoms with E-state index in [1.807, 2.05) is 30.3 Å². The van der Waals surface area contributed by atoms with Crippen molar-refractivity contribution in [3.05, 3.63) is 101 Å². The van der Waals surface area contributed by atoms with Gasteiger partial charge in [0.25, 0.3) is 5.91 Å². The number of para-hydroxylation sites is 1. The van der Waals surface area contributed by atoms with Crippen molar-refractivity contribution >= 4 is 11.7 Å². The molecule has 4 nitrogen and oxygen atoms in total. The van der Waals surface area contributed by atoms with Gasteiger partial charge in [0, 0.05) is 20.0 Å². The number of rotatable bonds is 8. The lowest BCUT2D eigenvalue weighted by Gasteiger charge is -2.19. The molecule has 148 valence electrons. The SMILES string of the molecule is CN(Cc1ccccc1)C(=O)c1ccccc1OCC(=O)Cc1ccc(F)cc1. The molecule has 0 aliphatic carbocycles. The zero-order valence-electron chi connectivity index (χ0n) is 16.2. The van der Waals surface area contributed by atoms with Crippen LogP contribution in [-0.2, 0) is 17.8 Å². The molecule has 0 saturated heterocycles. The van der Waals surface area contributed by atoms with Gasteiger partial charge >= 0.3 is 0 Å². The molecule has 3 aromatic rings. The summed E-state index contributed by atoms with van der Waals surface area (Å²) in [5.74, 6) is -0.318. The van der Waals surface area contributed by atoms with Crippen molar-refractivity contribution in [2.45, 2.75) is 13.0 Å². The number of amides is 1. The molecule has 0 aliphatic heterocycles. The van der Waals surface area contributed by atoms with Gasteiger partial charge in [-0.3, -0.25) is 9.59 Å². The molecule has 29 heavy (non-hydrogen) atoms. The topological polar surface area (TPSA) is 46.6 Å². The van der Waals surface area contributed by atoms with Crippen LogP contribution < -0.4 is 4.74 Å². The number of ketones is 1. The van der Waals surface area contributed by atoms with Gasteiger partial charge in [-0.1, -0.05) is 54.6 Å². The summed E-state index contributed by atoms with van der Waals surface area (Å²) in [4.78, 5) is 26.7. The van der Waals surface area contributed by atoms with Crippen LogP contribution in [0.3, 0.4) is 0 Å². The molecule has 0 aliphatic rings. The molecule has 0 heterocycles. The van der Waals surface area contributed by atoms with E-state index in [-0.39, 0.29) is 30.5 Å².